The monoisotopic (exact) mass is 211 g/mol. The molecule has 1 aromatic rings. The summed E-state index contributed by atoms with van der Waals surface area (Å²) < 4.78 is 0. The van der Waals surface area contributed by atoms with Gasteiger partial charge in [0.15, 0.2) is 12.6 Å². The number of pyridine rings is 1. The minimum atomic E-state index is 0.194. The first-order chi connectivity index (χ1) is 7.24. The van der Waals surface area contributed by atoms with E-state index >= 15 is 0 Å². The Labute approximate surface area is 89.7 Å². The van der Waals surface area contributed by atoms with Gasteiger partial charge in [0, 0.05) is 13.2 Å². The smallest absolute Gasteiger partial charge is 0.182 e. The first kappa shape index (κ1) is 15.7. The number of hydrogen-bond donors (Lipinski definition) is 2. The number of nitrogens with zero attached hydrogens (tertiary/aromatic N) is 1. The van der Waals surface area contributed by atoms with Gasteiger partial charge in [0.2, 0.25) is 0 Å². The predicted molar refractivity (Wildman–Crippen MR) is 60.8 cm³/mol. The molecule has 5 heteroatoms. The van der Waals surface area contributed by atoms with Crippen molar-refractivity contribution in [2.45, 2.75) is 6.92 Å². The van der Waals surface area contributed by atoms with Crippen LogP contribution in [-0.2, 0) is 9.59 Å². The number of aryl methyl sites for hydroxylation is 1. The lowest BCUT2D eigenvalue weighted by Gasteiger charge is -1.96. The fourth-order valence-electron chi connectivity index (χ4n) is 0.616. The standard InChI is InChI=1S/C7H10N2.C2H2O2.CH5N/c1-6-3-4-7(8-2)9-5-6;3-1-2-4;1-2/h3-5H,1-2H3,(H,8,9);1-2H;2H2,1H3. The number of aromatic nitrogens is 1. The van der Waals surface area contributed by atoms with E-state index in [1.165, 1.54) is 12.6 Å². The van der Waals surface area contributed by atoms with Gasteiger partial charge in [-0.15, -0.1) is 0 Å². The summed E-state index contributed by atoms with van der Waals surface area (Å²) in [6.45, 7) is 2.02. The van der Waals surface area contributed by atoms with Crippen LogP contribution in [0.4, 0.5) is 5.82 Å². The van der Waals surface area contributed by atoms with Gasteiger partial charge < -0.3 is 11.1 Å². The summed E-state index contributed by atoms with van der Waals surface area (Å²) in [7, 11) is 3.36. The maximum Gasteiger partial charge on any atom is 0.182 e. The van der Waals surface area contributed by atoms with Crippen LogP contribution in [0.25, 0.3) is 0 Å². The summed E-state index contributed by atoms with van der Waals surface area (Å²) in [5, 5.41) is 2.94. The molecular formula is C10H17N3O2. The van der Waals surface area contributed by atoms with Gasteiger partial charge in [0.25, 0.3) is 0 Å². The van der Waals surface area contributed by atoms with Crippen LogP contribution in [0.3, 0.4) is 0 Å². The summed E-state index contributed by atoms with van der Waals surface area (Å²) in [5.74, 6) is 0.917. The second-order valence-electron chi connectivity index (χ2n) is 2.24. The topological polar surface area (TPSA) is 85.1 Å². The molecule has 1 rings (SSSR count). The maximum atomic E-state index is 8.81. The van der Waals surface area contributed by atoms with Crippen LogP contribution in [0.15, 0.2) is 18.3 Å². The molecule has 0 atom stereocenters. The molecule has 5 nitrogen and oxygen atoms in total. The summed E-state index contributed by atoms with van der Waals surface area (Å²) in [5.41, 5.74) is 5.69. The molecule has 0 aliphatic carbocycles. The number of anilines is 1. The molecule has 0 unspecified atom stereocenters. The third-order valence-electron chi connectivity index (χ3n) is 1.22. The zero-order valence-electron chi connectivity index (χ0n) is 9.23. The van der Waals surface area contributed by atoms with Crippen molar-refractivity contribution in [3.63, 3.8) is 0 Å². The van der Waals surface area contributed by atoms with E-state index in [0.717, 1.165) is 5.82 Å². The Morgan fingerprint density at radius 1 is 1.27 bits per heavy atom. The second-order valence-corrected chi connectivity index (χ2v) is 2.24. The highest BCUT2D eigenvalue weighted by molar-refractivity contribution is 6.09. The molecule has 1 heterocycles. The van der Waals surface area contributed by atoms with Crippen LogP contribution >= 0.6 is 0 Å². The third-order valence-corrected chi connectivity index (χ3v) is 1.22. The Morgan fingerprint density at radius 2 is 1.80 bits per heavy atom. The second kappa shape index (κ2) is 12.2. The quantitative estimate of drug-likeness (QED) is 0.546. The van der Waals surface area contributed by atoms with Gasteiger partial charge in [-0.3, -0.25) is 9.59 Å². The van der Waals surface area contributed by atoms with Gasteiger partial charge in [-0.25, -0.2) is 4.98 Å². The Bertz CT molecular complexity index is 254. The summed E-state index contributed by atoms with van der Waals surface area (Å²) in [6.07, 6.45) is 2.23. The zero-order valence-corrected chi connectivity index (χ0v) is 9.23. The molecule has 0 amide bonds. The summed E-state index contributed by atoms with van der Waals surface area (Å²) >= 11 is 0. The highest BCUT2D eigenvalue weighted by Crippen LogP contribution is 2.01. The fraction of sp³-hybridized carbons (Fsp3) is 0.300. The maximum absolute atomic E-state index is 8.81. The van der Waals surface area contributed by atoms with Gasteiger partial charge in [0.05, 0.1) is 0 Å². The van der Waals surface area contributed by atoms with Crippen LogP contribution in [0.1, 0.15) is 5.56 Å². The lowest BCUT2D eigenvalue weighted by Crippen LogP contribution is -1.90. The van der Waals surface area contributed by atoms with Crippen LogP contribution in [-0.4, -0.2) is 31.7 Å². The minimum Gasteiger partial charge on any atom is -0.373 e. The van der Waals surface area contributed by atoms with E-state index in [2.05, 4.69) is 16.0 Å². The van der Waals surface area contributed by atoms with E-state index in [0.29, 0.717) is 0 Å². The number of carbonyl (C=O) groups is 2. The van der Waals surface area contributed by atoms with Crippen LogP contribution in [0.2, 0.25) is 0 Å². The molecule has 0 saturated carbocycles. The van der Waals surface area contributed by atoms with Crippen molar-refractivity contribution in [2.75, 3.05) is 19.4 Å². The normalized spacial score (nSPS) is 7.20. The van der Waals surface area contributed by atoms with E-state index < -0.39 is 0 Å². The van der Waals surface area contributed by atoms with Gasteiger partial charge in [-0.05, 0) is 25.6 Å². The highest BCUT2D eigenvalue weighted by atomic mass is 16.2. The average Bonchev–Trinajstić information content (AvgIpc) is 2.33. The number of nitrogens with one attached hydrogen (secondary N) is 1. The van der Waals surface area contributed by atoms with Crippen LogP contribution < -0.4 is 11.1 Å². The minimum absolute atomic E-state index is 0.194. The van der Waals surface area contributed by atoms with Crippen molar-refractivity contribution < 1.29 is 9.59 Å². The van der Waals surface area contributed by atoms with E-state index in [9.17, 15) is 0 Å². The van der Waals surface area contributed by atoms with Crippen molar-refractivity contribution in [3.05, 3.63) is 23.9 Å². The van der Waals surface area contributed by atoms with Crippen LogP contribution in [0, 0.1) is 6.92 Å². The summed E-state index contributed by atoms with van der Waals surface area (Å²) in [6, 6.07) is 3.98. The van der Waals surface area contributed by atoms with E-state index in [1.54, 1.807) is 0 Å². The fourth-order valence-corrected chi connectivity index (χ4v) is 0.616. The van der Waals surface area contributed by atoms with Crippen molar-refractivity contribution in [1.82, 2.24) is 4.98 Å². The zero-order chi connectivity index (χ0) is 12.1. The van der Waals surface area contributed by atoms with Crippen molar-refractivity contribution in [2.24, 2.45) is 5.73 Å². The Hall–Kier alpha value is -1.75. The molecule has 0 radical (unpaired) electrons. The number of aldehydes is 2. The average molecular weight is 211 g/mol. The number of hydrogen-bond acceptors (Lipinski definition) is 5. The SMILES string of the molecule is CN.CNc1ccc(C)cn1.O=CC=O. The van der Waals surface area contributed by atoms with Crippen molar-refractivity contribution in [1.29, 1.82) is 0 Å². The summed E-state index contributed by atoms with van der Waals surface area (Å²) in [4.78, 5) is 21.7. The molecule has 84 valence electrons. The largest absolute Gasteiger partial charge is 0.373 e. The lowest BCUT2D eigenvalue weighted by molar-refractivity contribution is -0.122. The highest BCUT2D eigenvalue weighted by Gasteiger charge is 1.85. The first-order valence-electron chi connectivity index (χ1n) is 4.31. The first-order valence-corrected chi connectivity index (χ1v) is 4.31. The Balaban J connectivity index is 0. The third kappa shape index (κ3) is 10.2. The van der Waals surface area contributed by atoms with E-state index in [4.69, 9.17) is 9.59 Å². The molecule has 0 fully saturated rings. The lowest BCUT2D eigenvalue weighted by atomic mass is 10.3. The molecule has 0 bridgehead atoms. The Morgan fingerprint density at radius 3 is 2.07 bits per heavy atom. The van der Waals surface area contributed by atoms with Gasteiger partial charge in [0.1, 0.15) is 5.82 Å². The molecule has 3 N–H and O–H groups in total. The molecule has 0 saturated heterocycles. The molecule has 0 aliphatic heterocycles. The molecule has 0 aliphatic rings. The number of rotatable bonds is 2. The number of carbonyl (C=O) groups excluding carboxylic acids is 2. The molecule has 1 aromatic heterocycles. The van der Waals surface area contributed by atoms with Crippen molar-refractivity contribution >= 4 is 18.4 Å². The molecule has 0 spiro atoms. The van der Waals surface area contributed by atoms with Crippen LogP contribution in [0.5, 0.6) is 0 Å². The Kier molecular flexibility index (Phi) is 12.8. The molecule has 0 aromatic carbocycles. The predicted octanol–water partition coefficient (Wildman–Crippen LogP) is 0.391. The van der Waals surface area contributed by atoms with Gasteiger partial charge in [-0.2, -0.15) is 0 Å². The van der Waals surface area contributed by atoms with Gasteiger partial charge in [-0.1, -0.05) is 6.07 Å². The number of nitrogens with two attached hydrogens (primary N) is 1. The van der Waals surface area contributed by atoms with Gasteiger partial charge >= 0.3 is 0 Å². The molecule has 15 heavy (non-hydrogen) atoms. The van der Waals surface area contributed by atoms with E-state index in [-0.39, 0.29) is 12.6 Å². The van der Waals surface area contributed by atoms with Crippen molar-refractivity contribution in [3.8, 4) is 0 Å². The van der Waals surface area contributed by atoms with E-state index in [1.807, 2.05) is 32.3 Å². The molecular weight excluding hydrogens is 194 g/mol.